The molecule has 0 fully saturated rings. The summed E-state index contributed by atoms with van der Waals surface area (Å²) in [5.74, 6) is 0. The van der Waals surface area contributed by atoms with Crippen molar-refractivity contribution in [3.8, 4) is 0 Å². The van der Waals surface area contributed by atoms with Crippen LogP contribution in [0.1, 0.15) is 55.4 Å². The first kappa shape index (κ1) is 16.5. The quantitative estimate of drug-likeness (QED) is 0.338. The first-order chi connectivity index (χ1) is 7.66. The molecule has 0 amide bonds. The molecule has 0 aromatic carbocycles. The summed E-state index contributed by atoms with van der Waals surface area (Å²) in [7, 11) is -1.75. The molecule has 1 nitrogen and oxygen atoms in total. The van der Waals surface area contributed by atoms with Crippen molar-refractivity contribution in [3.05, 3.63) is 24.0 Å². The van der Waals surface area contributed by atoms with Gasteiger partial charge in [-0.3, -0.25) is 0 Å². The summed E-state index contributed by atoms with van der Waals surface area (Å²) in [6, 6.07) is 0. The Morgan fingerprint density at radius 3 is 1.53 bits per heavy atom. The maximum Gasteiger partial charge on any atom is 0.257 e. The van der Waals surface area contributed by atoms with E-state index in [1.807, 2.05) is 13.2 Å². The van der Waals surface area contributed by atoms with Gasteiger partial charge >= 0.3 is 0 Å². The maximum atomic E-state index is 6.35. The van der Waals surface area contributed by atoms with E-state index in [0.717, 1.165) is 11.1 Å². The molecule has 0 aliphatic heterocycles. The van der Waals surface area contributed by atoms with Crippen LogP contribution >= 0.6 is 0 Å². The highest BCUT2D eigenvalue weighted by Gasteiger charge is 2.46. The fourth-order valence-electron chi connectivity index (χ4n) is 2.70. The minimum Gasteiger partial charge on any atom is -0.548 e. The molecule has 0 saturated heterocycles. The van der Waals surface area contributed by atoms with Gasteiger partial charge in [0.1, 0.15) is 0 Å². The van der Waals surface area contributed by atoms with E-state index in [0.29, 0.717) is 16.6 Å². The lowest BCUT2D eigenvalue weighted by atomic mass is 10.2. The molecule has 0 spiro atoms. The lowest BCUT2D eigenvalue weighted by molar-refractivity contribution is 0.413. The summed E-state index contributed by atoms with van der Waals surface area (Å²) in [4.78, 5) is 0. The number of hydrogen-bond donors (Lipinski definition) is 0. The van der Waals surface area contributed by atoms with Crippen LogP contribution in [0, 0.1) is 0 Å². The molecule has 0 atom stereocenters. The molecule has 17 heavy (non-hydrogen) atoms. The Morgan fingerprint density at radius 1 is 0.941 bits per heavy atom. The molecule has 0 N–H and O–H groups in total. The van der Waals surface area contributed by atoms with Crippen LogP contribution in [0.5, 0.6) is 0 Å². The predicted octanol–water partition coefficient (Wildman–Crippen LogP) is 5.66. The van der Waals surface area contributed by atoms with Crippen LogP contribution in [-0.4, -0.2) is 8.32 Å². The monoisotopic (exact) mass is 254 g/mol. The zero-order valence-electron chi connectivity index (χ0n) is 12.9. The Morgan fingerprint density at radius 2 is 1.29 bits per heavy atom. The Balaban J connectivity index is 5.21. The second-order valence-corrected chi connectivity index (χ2v) is 11.4. The second kappa shape index (κ2) is 6.44. The molecule has 0 rings (SSSR count). The van der Waals surface area contributed by atoms with Crippen LogP contribution in [0.25, 0.3) is 0 Å². The minimum atomic E-state index is -1.75. The van der Waals surface area contributed by atoms with Crippen LogP contribution in [0.3, 0.4) is 0 Å². The molecule has 0 radical (unpaired) electrons. The average Bonchev–Trinajstić information content (AvgIpc) is 2.16. The summed E-state index contributed by atoms with van der Waals surface area (Å²) in [6.45, 7) is 21.9. The Hall–Kier alpha value is -0.503. The predicted molar refractivity (Wildman–Crippen MR) is 80.7 cm³/mol. The molecular formula is C15H30OSi. The van der Waals surface area contributed by atoms with Gasteiger partial charge in [-0.2, -0.15) is 0 Å². The van der Waals surface area contributed by atoms with Crippen molar-refractivity contribution in [2.75, 3.05) is 0 Å². The maximum absolute atomic E-state index is 6.35. The van der Waals surface area contributed by atoms with E-state index < -0.39 is 8.32 Å². The van der Waals surface area contributed by atoms with Crippen molar-refractivity contribution in [2.24, 2.45) is 0 Å². The van der Waals surface area contributed by atoms with Crippen LogP contribution in [0.15, 0.2) is 24.0 Å². The van der Waals surface area contributed by atoms with Crippen molar-refractivity contribution >= 4 is 8.32 Å². The summed E-state index contributed by atoms with van der Waals surface area (Å²) in [5.41, 5.74) is 4.11. The largest absolute Gasteiger partial charge is 0.548 e. The molecule has 100 valence electrons. The van der Waals surface area contributed by atoms with E-state index >= 15 is 0 Å². The van der Waals surface area contributed by atoms with Crippen molar-refractivity contribution in [1.82, 2.24) is 0 Å². The highest BCUT2D eigenvalue weighted by Crippen LogP contribution is 2.42. The average molecular weight is 254 g/mol. The topological polar surface area (TPSA) is 9.23 Å². The minimum absolute atomic E-state index is 0.622. The van der Waals surface area contributed by atoms with Gasteiger partial charge in [0.15, 0.2) is 0 Å². The van der Waals surface area contributed by atoms with Crippen molar-refractivity contribution in [2.45, 2.75) is 72.0 Å². The Labute approximate surface area is 109 Å². The van der Waals surface area contributed by atoms with Crippen LogP contribution in [0.2, 0.25) is 16.6 Å². The van der Waals surface area contributed by atoms with Crippen LogP contribution in [0.4, 0.5) is 0 Å². The molecule has 0 aromatic heterocycles. The van der Waals surface area contributed by atoms with Gasteiger partial charge in [-0.1, -0.05) is 53.7 Å². The van der Waals surface area contributed by atoms with Crippen molar-refractivity contribution < 1.29 is 4.43 Å². The van der Waals surface area contributed by atoms with E-state index in [2.05, 4.69) is 55.0 Å². The van der Waals surface area contributed by atoms with Crippen LogP contribution < -0.4 is 0 Å². The lowest BCUT2D eigenvalue weighted by Gasteiger charge is -2.41. The van der Waals surface area contributed by atoms with E-state index in [-0.39, 0.29) is 0 Å². The third kappa shape index (κ3) is 3.73. The second-order valence-electron chi connectivity index (χ2n) is 6.02. The third-order valence-corrected chi connectivity index (χ3v) is 9.76. The first-order valence-electron chi connectivity index (χ1n) is 6.66. The third-order valence-electron chi connectivity index (χ3n) is 3.82. The van der Waals surface area contributed by atoms with Crippen molar-refractivity contribution in [3.63, 3.8) is 0 Å². The molecular weight excluding hydrogens is 224 g/mol. The molecule has 0 aromatic rings. The van der Waals surface area contributed by atoms with E-state index in [1.165, 1.54) is 0 Å². The Kier molecular flexibility index (Phi) is 6.24. The van der Waals surface area contributed by atoms with Gasteiger partial charge in [-0.05, 0) is 36.0 Å². The van der Waals surface area contributed by atoms with Crippen LogP contribution in [-0.2, 0) is 4.43 Å². The molecule has 0 aliphatic carbocycles. The van der Waals surface area contributed by atoms with E-state index in [9.17, 15) is 0 Å². The summed E-state index contributed by atoms with van der Waals surface area (Å²) in [6.07, 6.45) is 1.95. The Bertz CT molecular complexity index is 266. The van der Waals surface area contributed by atoms with Gasteiger partial charge in [-0.25, -0.2) is 0 Å². The zero-order valence-corrected chi connectivity index (χ0v) is 13.9. The highest BCUT2D eigenvalue weighted by molar-refractivity contribution is 6.77. The smallest absolute Gasteiger partial charge is 0.257 e. The molecule has 0 unspecified atom stereocenters. The highest BCUT2D eigenvalue weighted by atomic mass is 28.4. The molecule has 0 aliphatic rings. The zero-order chi connectivity index (χ0) is 13.8. The van der Waals surface area contributed by atoms with E-state index in [4.69, 9.17) is 4.43 Å². The standard InChI is InChI=1S/C15H30OSi/c1-11(2)15(9)10-16-17(12(3)4,13(5)6)14(7)8/h10,12-14H,1H2,2-9H3/b15-10+. The van der Waals surface area contributed by atoms with Gasteiger partial charge < -0.3 is 4.43 Å². The molecule has 0 bridgehead atoms. The van der Waals surface area contributed by atoms with Gasteiger partial charge in [0.25, 0.3) is 8.32 Å². The fourth-order valence-corrected chi connectivity index (χ4v) is 7.90. The number of rotatable bonds is 6. The summed E-state index contributed by atoms with van der Waals surface area (Å²) >= 11 is 0. The number of hydrogen-bond acceptors (Lipinski definition) is 1. The molecule has 0 heterocycles. The SMILES string of the molecule is C=C(C)/C(C)=C/O[Si](C(C)C)(C(C)C)C(C)C. The molecule has 2 heteroatoms. The van der Waals surface area contributed by atoms with Gasteiger partial charge in [0, 0.05) is 0 Å². The first-order valence-corrected chi connectivity index (χ1v) is 8.80. The van der Waals surface area contributed by atoms with Gasteiger partial charge in [-0.15, -0.1) is 0 Å². The lowest BCUT2D eigenvalue weighted by Crippen LogP contribution is -2.46. The molecule has 0 saturated carbocycles. The van der Waals surface area contributed by atoms with Gasteiger partial charge in [0.2, 0.25) is 0 Å². The van der Waals surface area contributed by atoms with Gasteiger partial charge in [0.05, 0.1) is 6.26 Å². The summed E-state index contributed by atoms with van der Waals surface area (Å²) in [5, 5.41) is 0. The summed E-state index contributed by atoms with van der Waals surface area (Å²) < 4.78 is 6.35. The van der Waals surface area contributed by atoms with Crippen molar-refractivity contribution in [1.29, 1.82) is 0 Å². The van der Waals surface area contributed by atoms with E-state index in [1.54, 1.807) is 0 Å². The fraction of sp³-hybridized carbons (Fsp3) is 0.733. The number of allylic oxidation sites excluding steroid dienone is 2. The normalized spacial score (nSPS) is 13.7.